The summed E-state index contributed by atoms with van der Waals surface area (Å²) in [7, 11) is 0. The third kappa shape index (κ3) is 4.11. The number of rotatable bonds is 5. The molecule has 0 atom stereocenters. The molecule has 1 fully saturated rings. The van der Waals surface area contributed by atoms with Gasteiger partial charge in [-0.15, -0.1) is 0 Å². The predicted octanol–water partition coefficient (Wildman–Crippen LogP) is 4.95. The highest BCUT2D eigenvalue weighted by Crippen LogP contribution is 2.40. The Hall–Kier alpha value is -4.21. The molecule has 0 spiro atoms. The molecule has 35 heavy (non-hydrogen) atoms. The summed E-state index contributed by atoms with van der Waals surface area (Å²) in [4.78, 5) is 26.4. The summed E-state index contributed by atoms with van der Waals surface area (Å²) in [5.74, 6) is 0.360. The molecule has 0 saturated heterocycles. The van der Waals surface area contributed by atoms with Crippen LogP contribution in [-0.4, -0.2) is 36.6 Å². The summed E-state index contributed by atoms with van der Waals surface area (Å²) in [5, 5.41) is 2.73. The van der Waals surface area contributed by atoms with E-state index in [4.69, 9.17) is 0 Å². The van der Waals surface area contributed by atoms with Crippen molar-refractivity contribution >= 4 is 22.5 Å². The third-order valence-corrected chi connectivity index (χ3v) is 6.10. The van der Waals surface area contributed by atoms with Gasteiger partial charge < -0.3 is 9.72 Å². The quantitative estimate of drug-likeness (QED) is 0.389. The minimum Gasteiger partial charge on any atom is -0.345 e. The molecule has 1 N–H and O–H groups in total. The first-order valence-corrected chi connectivity index (χ1v) is 11.1. The van der Waals surface area contributed by atoms with E-state index in [9.17, 15) is 18.0 Å². The maximum Gasteiger partial charge on any atom is 0.405 e. The lowest BCUT2D eigenvalue weighted by Crippen LogP contribution is -2.23. The third-order valence-electron chi connectivity index (χ3n) is 6.10. The van der Waals surface area contributed by atoms with E-state index >= 15 is 0 Å². The van der Waals surface area contributed by atoms with E-state index in [0.717, 1.165) is 18.5 Å². The Morgan fingerprint density at radius 1 is 1.03 bits per heavy atom. The van der Waals surface area contributed by atoms with Gasteiger partial charge in [-0.1, -0.05) is 24.3 Å². The van der Waals surface area contributed by atoms with Gasteiger partial charge in [0.25, 0.3) is 5.56 Å². The van der Waals surface area contributed by atoms with Gasteiger partial charge in [-0.2, -0.15) is 13.2 Å². The zero-order valence-electron chi connectivity index (χ0n) is 18.3. The number of anilines is 1. The predicted molar refractivity (Wildman–Crippen MR) is 126 cm³/mol. The second kappa shape index (κ2) is 7.93. The van der Waals surface area contributed by atoms with Gasteiger partial charge in [0.1, 0.15) is 12.2 Å². The molecule has 1 aliphatic rings. The monoisotopic (exact) mass is 476 g/mol. The maximum atomic E-state index is 13.8. The van der Waals surface area contributed by atoms with E-state index in [-0.39, 0.29) is 17.0 Å². The number of nitrogens with one attached hydrogen (secondary N) is 1. The molecule has 0 aliphatic heterocycles. The highest BCUT2D eigenvalue weighted by molar-refractivity contribution is 5.93. The first-order chi connectivity index (χ1) is 16.9. The molecule has 1 saturated carbocycles. The van der Waals surface area contributed by atoms with Crippen molar-refractivity contribution < 1.29 is 13.2 Å². The lowest BCUT2D eigenvalue weighted by molar-refractivity contribution is -0.115. The van der Waals surface area contributed by atoms with Crippen LogP contribution in [0, 0.1) is 0 Å². The molecule has 4 heterocycles. The van der Waals surface area contributed by atoms with E-state index in [1.165, 1.54) is 16.3 Å². The van der Waals surface area contributed by atoms with Gasteiger partial charge in [-0.3, -0.25) is 9.36 Å². The summed E-state index contributed by atoms with van der Waals surface area (Å²) in [6.45, 7) is -1.27. The Bertz CT molecular complexity index is 1620. The molecule has 1 aromatic carbocycles. The second-order valence-corrected chi connectivity index (χ2v) is 8.62. The Morgan fingerprint density at radius 2 is 1.83 bits per heavy atom. The van der Waals surface area contributed by atoms with Gasteiger partial charge in [-0.25, -0.2) is 15.0 Å². The summed E-state index contributed by atoms with van der Waals surface area (Å²) >= 11 is 0. The van der Waals surface area contributed by atoms with Crippen molar-refractivity contribution in [3.8, 4) is 16.8 Å². The number of pyridine rings is 2. The average molecular weight is 476 g/mol. The largest absolute Gasteiger partial charge is 0.405 e. The van der Waals surface area contributed by atoms with Crippen LogP contribution in [0.25, 0.3) is 33.4 Å². The minimum absolute atomic E-state index is 0.192. The number of benzene rings is 1. The van der Waals surface area contributed by atoms with Crippen molar-refractivity contribution in [3.63, 3.8) is 0 Å². The minimum atomic E-state index is -4.42. The van der Waals surface area contributed by atoms with Crippen molar-refractivity contribution in [2.24, 2.45) is 0 Å². The second-order valence-electron chi connectivity index (χ2n) is 8.62. The van der Waals surface area contributed by atoms with Gasteiger partial charge in [0, 0.05) is 36.4 Å². The Labute approximate surface area is 196 Å². The molecule has 5 aromatic rings. The average Bonchev–Trinajstić information content (AvgIpc) is 3.59. The lowest BCUT2D eigenvalue weighted by Gasteiger charge is -2.14. The molecule has 0 radical (unpaired) electrons. The van der Waals surface area contributed by atoms with Crippen molar-refractivity contribution in [1.29, 1.82) is 0 Å². The molecule has 0 unspecified atom stereocenters. The van der Waals surface area contributed by atoms with Gasteiger partial charge in [-0.05, 0) is 42.0 Å². The van der Waals surface area contributed by atoms with E-state index in [2.05, 4.69) is 20.3 Å². The first-order valence-electron chi connectivity index (χ1n) is 11.1. The molecule has 4 aromatic heterocycles. The fourth-order valence-corrected chi connectivity index (χ4v) is 4.21. The van der Waals surface area contributed by atoms with Gasteiger partial charge in [0.15, 0.2) is 0 Å². The zero-order chi connectivity index (χ0) is 24.2. The molecule has 0 amide bonds. The molecule has 176 valence electrons. The number of aromatic nitrogens is 5. The highest BCUT2D eigenvalue weighted by Gasteiger charge is 2.27. The molecule has 1 aliphatic carbocycles. The SMILES string of the molecule is O=c1c(-c2ccc(C3CC3)cc2)c2nc(NCC(F)(F)F)ncc2cn1-c1ccc2nccn2c1. The summed E-state index contributed by atoms with van der Waals surface area (Å²) < 4.78 is 41.5. The zero-order valence-corrected chi connectivity index (χ0v) is 18.3. The molecule has 7 nitrogen and oxygen atoms in total. The van der Waals surface area contributed by atoms with Crippen LogP contribution in [-0.2, 0) is 0 Å². The first kappa shape index (κ1) is 21.3. The summed E-state index contributed by atoms with van der Waals surface area (Å²) in [6.07, 6.45) is 6.14. The molecular formula is C25H19F3N6O. The number of alkyl halides is 3. The Kier molecular flexibility index (Phi) is 4.84. The van der Waals surface area contributed by atoms with Crippen LogP contribution in [0.4, 0.5) is 19.1 Å². The highest BCUT2D eigenvalue weighted by atomic mass is 19.4. The number of hydrogen-bond donors (Lipinski definition) is 1. The fourth-order valence-electron chi connectivity index (χ4n) is 4.21. The van der Waals surface area contributed by atoms with Crippen LogP contribution in [0.2, 0.25) is 0 Å². The Balaban J connectivity index is 1.54. The fraction of sp³-hybridized carbons (Fsp3) is 0.200. The topological polar surface area (TPSA) is 77.1 Å². The van der Waals surface area contributed by atoms with E-state index < -0.39 is 12.7 Å². The van der Waals surface area contributed by atoms with Crippen molar-refractivity contribution in [3.05, 3.63) is 83.3 Å². The van der Waals surface area contributed by atoms with Gasteiger partial charge in [0.2, 0.25) is 5.95 Å². The lowest BCUT2D eigenvalue weighted by atomic mass is 10.0. The molecular weight excluding hydrogens is 457 g/mol. The van der Waals surface area contributed by atoms with Crippen molar-refractivity contribution in [2.75, 3.05) is 11.9 Å². The molecule has 0 bridgehead atoms. The summed E-state index contributed by atoms with van der Waals surface area (Å²) in [5.41, 5.74) is 3.45. The van der Waals surface area contributed by atoms with Crippen molar-refractivity contribution in [2.45, 2.75) is 24.9 Å². The van der Waals surface area contributed by atoms with Crippen LogP contribution >= 0.6 is 0 Å². The van der Waals surface area contributed by atoms with E-state index in [1.807, 2.05) is 24.3 Å². The maximum absolute atomic E-state index is 13.8. The smallest absolute Gasteiger partial charge is 0.345 e. The number of nitrogens with zero attached hydrogens (tertiary/aromatic N) is 5. The summed E-state index contributed by atoms with van der Waals surface area (Å²) in [6, 6.07) is 11.3. The number of hydrogen-bond acceptors (Lipinski definition) is 5. The van der Waals surface area contributed by atoms with Crippen molar-refractivity contribution in [1.82, 2.24) is 23.9 Å². The van der Waals surface area contributed by atoms with Gasteiger partial charge in [0.05, 0.1) is 16.8 Å². The van der Waals surface area contributed by atoms with Crippen LogP contribution in [0.5, 0.6) is 0 Å². The van der Waals surface area contributed by atoms with E-state index in [1.54, 1.807) is 41.3 Å². The number of halogens is 3. The van der Waals surface area contributed by atoms with Crippen LogP contribution < -0.4 is 10.9 Å². The molecule has 10 heteroatoms. The Morgan fingerprint density at radius 3 is 2.57 bits per heavy atom. The van der Waals surface area contributed by atoms with Crippen LogP contribution in [0.15, 0.2) is 72.2 Å². The van der Waals surface area contributed by atoms with Gasteiger partial charge >= 0.3 is 6.18 Å². The van der Waals surface area contributed by atoms with Crippen LogP contribution in [0.1, 0.15) is 24.3 Å². The number of fused-ring (bicyclic) bond motifs is 2. The molecule has 6 rings (SSSR count). The normalized spacial score (nSPS) is 14.0. The number of imidazole rings is 1. The standard InChI is InChI=1S/C25H19F3N6O/c26-25(27,28)14-31-24-30-11-18-12-34(19-7-8-20-29-9-10-33(20)13-19)23(35)21(22(18)32-24)17-5-3-16(4-6-17)15-1-2-15/h3-13,15H,1-2,14H2,(H,31,32). The van der Waals surface area contributed by atoms with Crippen LogP contribution in [0.3, 0.4) is 0 Å². The van der Waals surface area contributed by atoms with E-state index in [0.29, 0.717) is 28.1 Å².